The molecule has 1 saturated carbocycles. The standard InChI is InChI=1S/C26H28N2O3/c29-17-21-5-4-8-24(21)25(30)20-11-9-18(10-12-20)19-13-15-23(16-14-19)28-26(31)27-22-6-2-1-3-7-22/h1-3,6-7,9-16,21,24-25,29-30H,4-5,8,17H2,(H2,27,28,31)/t21-,24+,25-/m0/s1. The fraction of sp³-hybridized carbons (Fsp3) is 0.269. The topological polar surface area (TPSA) is 81.6 Å². The highest BCUT2D eigenvalue weighted by molar-refractivity contribution is 5.99. The summed E-state index contributed by atoms with van der Waals surface area (Å²) in [5.74, 6) is 0.317. The van der Waals surface area contributed by atoms with Crippen LogP contribution in [0.15, 0.2) is 78.9 Å². The van der Waals surface area contributed by atoms with E-state index in [4.69, 9.17) is 0 Å². The van der Waals surface area contributed by atoms with Crippen LogP contribution in [0.1, 0.15) is 30.9 Å². The molecular weight excluding hydrogens is 388 g/mol. The zero-order valence-corrected chi connectivity index (χ0v) is 17.4. The second-order valence-corrected chi connectivity index (χ2v) is 8.13. The maximum atomic E-state index is 12.1. The molecule has 0 spiro atoms. The number of para-hydroxylation sites is 1. The lowest BCUT2D eigenvalue weighted by molar-refractivity contribution is 0.0636. The van der Waals surface area contributed by atoms with Gasteiger partial charge >= 0.3 is 6.03 Å². The van der Waals surface area contributed by atoms with Gasteiger partial charge in [0.2, 0.25) is 0 Å². The molecule has 3 atom stereocenters. The minimum atomic E-state index is -0.539. The number of anilines is 2. The predicted molar refractivity (Wildman–Crippen MR) is 124 cm³/mol. The molecule has 5 heteroatoms. The average Bonchev–Trinajstić information content (AvgIpc) is 3.29. The van der Waals surface area contributed by atoms with Crippen LogP contribution in [0.2, 0.25) is 0 Å². The van der Waals surface area contributed by atoms with Crippen LogP contribution in [0.5, 0.6) is 0 Å². The summed E-state index contributed by atoms with van der Waals surface area (Å²) in [5.41, 5.74) is 4.41. The highest BCUT2D eigenvalue weighted by Crippen LogP contribution is 2.40. The lowest BCUT2D eigenvalue weighted by Gasteiger charge is -2.24. The Balaban J connectivity index is 1.38. The van der Waals surface area contributed by atoms with Crippen molar-refractivity contribution in [2.24, 2.45) is 11.8 Å². The summed E-state index contributed by atoms with van der Waals surface area (Å²) in [7, 11) is 0. The summed E-state index contributed by atoms with van der Waals surface area (Å²) in [5, 5.41) is 25.9. The number of hydrogen-bond acceptors (Lipinski definition) is 3. The highest BCUT2D eigenvalue weighted by atomic mass is 16.3. The number of aliphatic hydroxyl groups excluding tert-OH is 2. The lowest BCUT2D eigenvalue weighted by Crippen LogP contribution is -2.19. The van der Waals surface area contributed by atoms with Crippen molar-refractivity contribution in [3.8, 4) is 11.1 Å². The van der Waals surface area contributed by atoms with E-state index >= 15 is 0 Å². The molecule has 3 aromatic rings. The first kappa shape index (κ1) is 21.1. The zero-order valence-electron chi connectivity index (χ0n) is 17.4. The van der Waals surface area contributed by atoms with Gasteiger partial charge in [0.15, 0.2) is 0 Å². The van der Waals surface area contributed by atoms with Crippen molar-refractivity contribution in [2.75, 3.05) is 17.2 Å². The molecule has 3 aromatic carbocycles. The van der Waals surface area contributed by atoms with Crippen molar-refractivity contribution in [1.29, 1.82) is 0 Å². The Hall–Kier alpha value is -3.15. The maximum absolute atomic E-state index is 12.1. The van der Waals surface area contributed by atoms with Crippen molar-refractivity contribution in [1.82, 2.24) is 0 Å². The van der Waals surface area contributed by atoms with Crippen molar-refractivity contribution in [2.45, 2.75) is 25.4 Å². The Kier molecular flexibility index (Phi) is 6.65. The van der Waals surface area contributed by atoms with Crippen LogP contribution in [0.25, 0.3) is 11.1 Å². The van der Waals surface area contributed by atoms with Crippen LogP contribution in [-0.2, 0) is 0 Å². The lowest BCUT2D eigenvalue weighted by atomic mass is 9.87. The van der Waals surface area contributed by atoms with Crippen LogP contribution in [0, 0.1) is 11.8 Å². The fourth-order valence-corrected chi connectivity index (χ4v) is 4.39. The average molecular weight is 417 g/mol. The van der Waals surface area contributed by atoms with Crippen LogP contribution >= 0.6 is 0 Å². The van der Waals surface area contributed by atoms with E-state index in [9.17, 15) is 15.0 Å². The van der Waals surface area contributed by atoms with Gasteiger partial charge in [0.05, 0.1) is 6.10 Å². The fourth-order valence-electron chi connectivity index (χ4n) is 4.39. The summed E-state index contributed by atoms with van der Waals surface area (Å²) in [4.78, 5) is 12.1. The summed E-state index contributed by atoms with van der Waals surface area (Å²) >= 11 is 0. The second kappa shape index (κ2) is 9.77. The molecule has 31 heavy (non-hydrogen) atoms. The summed E-state index contributed by atoms with van der Waals surface area (Å²) in [6, 6.07) is 24.6. The van der Waals surface area contributed by atoms with Gasteiger partial charge in [-0.3, -0.25) is 0 Å². The Labute approximate surface area is 182 Å². The van der Waals surface area contributed by atoms with Crippen LogP contribution in [0.3, 0.4) is 0 Å². The number of rotatable bonds is 6. The van der Waals surface area contributed by atoms with E-state index < -0.39 is 6.10 Å². The molecule has 1 aliphatic rings. The normalized spacial score (nSPS) is 19.0. The molecule has 160 valence electrons. The highest BCUT2D eigenvalue weighted by Gasteiger charge is 2.32. The smallest absolute Gasteiger partial charge is 0.323 e. The van der Waals surface area contributed by atoms with Crippen LogP contribution in [0.4, 0.5) is 16.2 Å². The number of carbonyl (C=O) groups is 1. The monoisotopic (exact) mass is 416 g/mol. The number of amides is 2. The number of aliphatic hydroxyl groups is 2. The maximum Gasteiger partial charge on any atom is 0.323 e. The quantitative estimate of drug-likeness (QED) is 0.432. The van der Waals surface area contributed by atoms with E-state index in [0.29, 0.717) is 5.69 Å². The molecule has 4 N–H and O–H groups in total. The largest absolute Gasteiger partial charge is 0.396 e. The molecular formula is C26H28N2O3. The Bertz CT molecular complexity index is 987. The minimum Gasteiger partial charge on any atom is -0.396 e. The summed E-state index contributed by atoms with van der Waals surface area (Å²) in [6.07, 6.45) is 2.47. The Morgan fingerprint density at radius 2 is 1.42 bits per heavy atom. The van der Waals surface area contributed by atoms with Gasteiger partial charge in [-0.05, 0) is 65.6 Å². The van der Waals surface area contributed by atoms with E-state index in [1.54, 1.807) is 0 Å². The van der Waals surface area contributed by atoms with Crippen LogP contribution < -0.4 is 10.6 Å². The molecule has 5 nitrogen and oxygen atoms in total. The molecule has 1 fully saturated rings. The minimum absolute atomic E-state index is 0.128. The summed E-state index contributed by atoms with van der Waals surface area (Å²) in [6.45, 7) is 0.142. The van der Waals surface area contributed by atoms with Crippen molar-refractivity contribution >= 4 is 17.4 Å². The van der Waals surface area contributed by atoms with E-state index in [2.05, 4.69) is 10.6 Å². The molecule has 0 bridgehead atoms. The molecule has 1 aliphatic carbocycles. The van der Waals surface area contributed by atoms with Gasteiger partial charge in [0, 0.05) is 18.0 Å². The van der Waals surface area contributed by atoms with E-state index in [1.807, 2.05) is 78.9 Å². The first-order valence-corrected chi connectivity index (χ1v) is 10.8. The number of benzene rings is 3. The third-order valence-electron chi connectivity index (χ3n) is 6.12. The van der Waals surface area contributed by atoms with Gasteiger partial charge in [-0.1, -0.05) is 61.0 Å². The molecule has 0 saturated heterocycles. The van der Waals surface area contributed by atoms with E-state index in [0.717, 1.165) is 41.6 Å². The van der Waals surface area contributed by atoms with Crippen molar-refractivity contribution in [3.05, 3.63) is 84.4 Å². The SMILES string of the molecule is O=C(Nc1ccccc1)Nc1ccc(-c2ccc([C@H](O)[C@@H]3CCC[C@H]3CO)cc2)cc1. The first-order valence-electron chi connectivity index (χ1n) is 10.8. The summed E-state index contributed by atoms with van der Waals surface area (Å²) < 4.78 is 0. The second-order valence-electron chi connectivity index (χ2n) is 8.13. The molecule has 0 heterocycles. The third-order valence-corrected chi connectivity index (χ3v) is 6.12. The molecule has 0 unspecified atom stereocenters. The number of urea groups is 1. The van der Waals surface area contributed by atoms with Gasteiger partial charge in [0.25, 0.3) is 0 Å². The molecule has 0 aromatic heterocycles. The zero-order chi connectivity index (χ0) is 21.6. The third kappa shape index (κ3) is 5.13. The van der Waals surface area contributed by atoms with Crippen molar-refractivity contribution < 1.29 is 15.0 Å². The van der Waals surface area contributed by atoms with Gasteiger partial charge in [-0.15, -0.1) is 0 Å². The molecule has 4 rings (SSSR count). The van der Waals surface area contributed by atoms with Gasteiger partial charge in [-0.2, -0.15) is 0 Å². The molecule has 2 amide bonds. The number of nitrogens with one attached hydrogen (secondary N) is 2. The van der Waals surface area contributed by atoms with Crippen molar-refractivity contribution in [3.63, 3.8) is 0 Å². The van der Waals surface area contributed by atoms with Gasteiger partial charge in [0.1, 0.15) is 0 Å². The predicted octanol–water partition coefficient (Wildman–Crippen LogP) is 5.44. The molecule has 0 radical (unpaired) electrons. The Morgan fingerprint density at radius 1 is 0.839 bits per heavy atom. The van der Waals surface area contributed by atoms with Gasteiger partial charge < -0.3 is 20.8 Å². The first-order chi connectivity index (χ1) is 15.1. The number of carbonyl (C=O) groups excluding carboxylic acids is 1. The van der Waals surface area contributed by atoms with E-state index in [1.165, 1.54) is 0 Å². The van der Waals surface area contributed by atoms with Crippen LogP contribution in [-0.4, -0.2) is 22.9 Å². The Morgan fingerprint density at radius 3 is 2.03 bits per heavy atom. The van der Waals surface area contributed by atoms with Gasteiger partial charge in [-0.25, -0.2) is 4.79 Å². The van der Waals surface area contributed by atoms with E-state index in [-0.39, 0.29) is 24.5 Å². The number of hydrogen-bond donors (Lipinski definition) is 4. The molecule has 0 aliphatic heterocycles.